The van der Waals surface area contributed by atoms with Crippen LogP contribution >= 0.6 is 7.82 Å². The van der Waals surface area contributed by atoms with E-state index in [4.69, 9.17) is 51.7 Å². The van der Waals surface area contributed by atoms with Gasteiger partial charge in [0.1, 0.15) is 73.1 Å². The van der Waals surface area contributed by atoms with Crippen LogP contribution in [0.25, 0.3) is 0 Å². The van der Waals surface area contributed by atoms with E-state index in [0.29, 0.717) is 0 Å². The third-order valence-electron chi connectivity index (χ3n) is 13.0. The molecule has 87 heavy (non-hydrogen) atoms. The maximum absolute atomic E-state index is 13.3. The van der Waals surface area contributed by atoms with Crippen molar-refractivity contribution in [1.82, 2.24) is 41.7 Å². The number of phosphoric ester groups is 1. The molecule has 16 atom stereocenters. The molecule has 36 nitrogen and oxygen atoms in total. The Morgan fingerprint density at radius 1 is 0.483 bits per heavy atom. The molecule has 0 aromatic rings. The van der Waals surface area contributed by atoms with Crippen molar-refractivity contribution in [3.8, 4) is 0 Å². The van der Waals surface area contributed by atoms with E-state index < -0.39 is 168 Å². The number of rotatable bonds is 43. The minimum Gasteiger partial charge on any atom is -0.756 e. The second-order valence-corrected chi connectivity index (χ2v) is 21.9. The fourth-order valence-electron chi connectivity index (χ4n) is 8.95. The highest BCUT2D eigenvalue weighted by Gasteiger charge is 2.48. The highest BCUT2D eigenvalue weighted by Crippen LogP contribution is 2.39. The number of carbonyl (C=O) groups excluding carboxylic acids is 6. The first-order valence-corrected chi connectivity index (χ1v) is 29.9. The summed E-state index contributed by atoms with van der Waals surface area (Å²) < 4.78 is 72.4. The minimum atomic E-state index is -4.72. The van der Waals surface area contributed by atoms with Crippen LogP contribution in [0.5, 0.6) is 0 Å². The number of nitrogens with one attached hydrogen (secondary N) is 6. The molecule has 0 aromatic carbocycles. The summed E-state index contributed by atoms with van der Waals surface area (Å²) in [6.07, 6.45) is -16.8. The van der Waals surface area contributed by atoms with Crippen LogP contribution in [-0.2, 0) is 85.0 Å². The number of ether oxygens (including phenoxy) is 9. The van der Waals surface area contributed by atoms with Gasteiger partial charge < -0.3 is 134 Å². The Morgan fingerprint density at radius 3 is 1.11 bits per heavy atom. The van der Waals surface area contributed by atoms with E-state index in [1.807, 2.05) is 0 Å². The molecular formula is C50H92N8O28P-. The zero-order chi connectivity index (χ0) is 64.6. The van der Waals surface area contributed by atoms with Gasteiger partial charge in [0.05, 0.1) is 112 Å². The van der Waals surface area contributed by atoms with E-state index in [1.54, 1.807) is 4.90 Å². The number of phosphoric acid groups is 1. The van der Waals surface area contributed by atoms with Crippen molar-refractivity contribution in [1.29, 1.82) is 0 Å². The van der Waals surface area contributed by atoms with E-state index in [2.05, 4.69) is 31.9 Å². The smallest absolute Gasteiger partial charge is 0.268 e. The summed E-state index contributed by atoms with van der Waals surface area (Å²) in [5.41, 5.74) is 0. The minimum absolute atomic E-state index is 0.00134. The zero-order valence-electron chi connectivity index (χ0n) is 49.6. The molecule has 506 valence electrons. The highest BCUT2D eigenvalue weighted by molar-refractivity contribution is 7.45. The lowest BCUT2D eigenvalue weighted by molar-refractivity contribution is -0.272. The summed E-state index contributed by atoms with van der Waals surface area (Å²) in [5.74, 6) is -3.12. The third-order valence-corrected chi connectivity index (χ3v) is 14.2. The summed E-state index contributed by atoms with van der Waals surface area (Å²) in [6.45, 7) is 3.00. The van der Waals surface area contributed by atoms with Crippen LogP contribution in [0.1, 0.15) is 41.0 Å². The number of aliphatic hydroxyl groups excluding tert-OH is 9. The average Bonchev–Trinajstić information content (AvgIpc) is 1.86. The molecule has 3 fully saturated rings. The molecule has 0 aliphatic carbocycles. The largest absolute Gasteiger partial charge is 0.756 e. The Labute approximate surface area is 503 Å². The van der Waals surface area contributed by atoms with Crippen molar-refractivity contribution in [3.63, 3.8) is 0 Å². The van der Waals surface area contributed by atoms with Gasteiger partial charge in [0.25, 0.3) is 7.82 Å². The molecule has 3 heterocycles. The van der Waals surface area contributed by atoms with Crippen molar-refractivity contribution in [2.75, 3.05) is 145 Å². The van der Waals surface area contributed by atoms with Gasteiger partial charge in [-0.15, -0.1) is 0 Å². The summed E-state index contributed by atoms with van der Waals surface area (Å²) in [4.78, 5) is 90.5. The molecule has 3 saturated heterocycles. The van der Waals surface area contributed by atoms with Crippen LogP contribution in [0.2, 0.25) is 0 Å². The standard InChI is InChI=1S/C50H93N8O28P/c1-29(2)86-87(74,75)82-16-12-57(23-36(65)51-7-13-76-17-20-79-48-39(54-30(3)62)45(71)42(68)33(26-59)83-48)10-6-11-58(24-37(66)52-8-14-77-18-21-80-49-40(55-31(4)63)46(72)43(69)34(27-60)84-49)25-38(67)53-9-15-78-19-22-81-50-41(56-32(5)64)47(73)44(70)35(28-61)85-50/h29,33-35,39-50,59-61,68-73H,6-28H2,1-5H3,(H,51,65)(H,52,66)(H,53,67)(H,54,62)(H,55,63)(H,56,64)(H,74,75)/p-1. The van der Waals surface area contributed by atoms with Crippen molar-refractivity contribution >= 4 is 43.3 Å². The molecule has 16 unspecified atom stereocenters. The third kappa shape index (κ3) is 29.3. The monoisotopic (exact) mass is 1280 g/mol. The van der Waals surface area contributed by atoms with Crippen LogP contribution < -0.4 is 36.8 Å². The second kappa shape index (κ2) is 41.5. The molecule has 3 aliphatic heterocycles. The fourth-order valence-corrected chi connectivity index (χ4v) is 9.83. The molecule has 37 heteroatoms. The SMILES string of the molecule is CC(=O)NC1C(OCCOCCNC(=O)CN(CCCN(CC(=O)NCCOCCOC2OC(CO)C(O)C(O)C2NC(C)=O)CC(=O)NCCOCCOC2OC(CO)C(O)C(O)C2NC(C)=O)CCOP(=O)([O-])OC(C)C)OC(CO)C(O)C1O. The summed E-state index contributed by atoms with van der Waals surface area (Å²) in [6, 6.07) is -3.47. The average molecular weight is 1280 g/mol. The Bertz CT molecular complexity index is 2010. The first kappa shape index (κ1) is 77.4. The molecule has 3 rings (SSSR count). The van der Waals surface area contributed by atoms with Gasteiger partial charge in [0.15, 0.2) is 18.9 Å². The fraction of sp³-hybridized carbons (Fsp3) is 0.880. The maximum Gasteiger partial charge on any atom is 0.268 e. The Kier molecular flexibility index (Phi) is 36.9. The van der Waals surface area contributed by atoms with Gasteiger partial charge >= 0.3 is 0 Å². The second-order valence-electron chi connectivity index (χ2n) is 20.6. The van der Waals surface area contributed by atoms with Crippen LogP contribution in [0.4, 0.5) is 0 Å². The molecule has 0 saturated carbocycles. The predicted octanol–water partition coefficient (Wildman–Crippen LogP) is -9.83. The predicted molar refractivity (Wildman–Crippen MR) is 293 cm³/mol. The first-order chi connectivity index (χ1) is 41.3. The number of carbonyl (C=O) groups is 6. The molecule has 0 aromatic heterocycles. The number of amides is 6. The maximum atomic E-state index is 13.3. The lowest BCUT2D eigenvalue weighted by Gasteiger charge is -2.42. The molecule has 3 aliphatic rings. The molecule has 0 bridgehead atoms. The van der Waals surface area contributed by atoms with E-state index in [9.17, 15) is 84.2 Å². The highest BCUT2D eigenvalue weighted by atomic mass is 31.2. The zero-order valence-corrected chi connectivity index (χ0v) is 50.5. The van der Waals surface area contributed by atoms with Crippen molar-refractivity contribution in [2.45, 2.75) is 139 Å². The molecule has 0 radical (unpaired) electrons. The van der Waals surface area contributed by atoms with E-state index >= 15 is 0 Å². The van der Waals surface area contributed by atoms with Gasteiger partial charge in [-0.2, -0.15) is 0 Å². The van der Waals surface area contributed by atoms with Crippen molar-refractivity contribution in [2.24, 2.45) is 0 Å². The van der Waals surface area contributed by atoms with Crippen LogP contribution in [0.3, 0.4) is 0 Å². The van der Waals surface area contributed by atoms with E-state index in [0.717, 1.165) is 0 Å². The van der Waals surface area contributed by atoms with Gasteiger partial charge in [-0.05, 0) is 26.8 Å². The lowest BCUT2D eigenvalue weighted by atomic mass is 9.97. The van der Waals surface area contributed by atoms with Crippen LogP contribution in [-0.4, -0.2) is 334 Å². The summed E-state index contributed by atoms with van der Waals surface area (Å²) >= 11 is 0. The topological polar surface area (TPSA) is 505 Å². The molecule has 15 N–H and O–H groups in total. The van der Waals surface area contributed by atoms with Crippen LogP contribution in [0, 0.1) is 0 Å². The number of hydrogen-bond acceptors (Lipinski definition) is 30. The molecular weight excluding hydrogens is 1190 g/mol. The number of hydrogen-bond donors (Lipinski definition) is 15. The summed E-state index contributed by atoms with van der Waals surface area (Å²) in [7, 11) is -4.72. The van der Waals surface area contributed by atoms with Gasteiger partial charge in [0, 0.05) is 53.5 Å². The van der Waals surface area contributed by atoms with Gasteiger partial charge in [-0.25, -0.2) is 0 Å². The Hall–Kier alpha value is -3.87. The van der Waals surface area contributed by atoms with E-state index in [1.165, 1.54) is 39.5 Å². The van der Waals surface area contributed by atoms with Gasteiger partial charge in [-0.3, -0.25) is 43.1 Å². The molecule has 0 spiro atoms. The van der Waals surface area contributed by atoms with Crippen LogP contribution in [0.15, 0.2) is 0 Å². The quantitative estimate of drug-likeness (QED) is 0.0199. The molecule has 6 amide bonds. The van der Waals surface area contributed by atoms with Crippen molar-refractivity contribution < 1.29 is 136 Å². The van der Waals surface area contributed by atoms with Crippen molar-refractivity contribution in [3.05, 3.63) is 0 Å². The van der Waals surface area contributed by atoms with E-state index in [-0.39, 0.29) is 125 Å². The number of nitrogens with zero attached hydrogens (tertiary/aromatic N) is 2. The normalized spacial score (nSPS) is 28.2. The first-order valence-electron chi connectivity index (χ1n) is 28.5. The number of aliphatic hydroxyl groups is 9. The van der Waals surface area contributed by atoms with Gasteiger partial charge in [-0.1, -0.05) is 0 Å². The lowest BCUT2D eigenvalue weighted by Crippen LogP contribution is -2.64. The Balaban J connectivity index is 1.58. The van der Waals surface area contributed by atoms with Gasteiger partial charge in [0.2, 0.25) is 35.4 Å². The Morgan fingerprint density at radius 2 is 0.805 bits per heavy atom. The summed E-state index contributed by atoms with van der Waals surface area (Å²) in [5, 5.41) is 106.